The van der Waals surface area contributed by atoms with Gasteiger partial charge in [0, 0.05) is 27.7 Å². The van der Waals surface area contributed by atoms with E-state index in [1.165, 1.54) is 17.8 Å². The van der Waals surface area contributed by atoms with E-state index in [0.717, 1.165) is 26.0 Å². The Morgan fingerprint density at radius 1 is 1.20 bits per heavy atom. The van der Waals surface area contributed by atoms with Crippen LogP contribution in [-0.4, -0.2) is 14.4 Å². The summed E-state index contributed by atoms with van der Waals surface area (Å²) in [5.41, 5.74) is -4.25. The maximum Gasteiger partial charge on any atom is 0.431 e. The lowest BCUT2D eigenvalue weighted by Crippen LogP contribution is -2.41. The van der Waals surface area contributed by atoms with Crippen LogP contribution in [0, 0.1) is 5.82 Å². The monoisotopic (exact) mass is 438 g/mol. The van der Waals surface area contributed by atoms with E-state index in [2.05, 4.69) is 15.9 Å². The summed E-state index contributed by atoms with van der Waals surface area (Å²) in [5, 5.41) is 0.377. The zero-order valence-electron chi connectivity index (χ0n) is 12.7. The lowest BCUT2D eigenvalue weighted by molar-refractivity contribution is -0.144. The van der Waals surface area contributed by atoms with Gasteiger partial charge in [-0.2, -0.15) is 13.2 Å². The van der Waals surface area contributed by atoms with E-state index in [9.17, 15) is 27.2 Å². The molecule has 3 rings (SSSR count). The van der Waals surface area contributed by atoms with Gasteiger partial charge in [0.25, 0.3) is 5.56 Å². The van der Waals surface area contributed by atoms with Crippen LogP contribution in [0.1, 0.15) is 18.5 Å². The number of thioether (sulfide) groups is 1. The van der Waals surface area contributed by atoms with Crippen molar-refractivity contribution in [3.8, 4) is 5.69 Å². The predicted octanol–water partition coefficient (Wildman–Crippen LogP) is 3.71. The minimum atomic E-state index is -4.86. The fourth-order valence-electron chi connectivity index (χ4n) is 2.26. The fourth-order valence-corrected chi connectivity index (χ4v) is 3.94. The van der Waals surface area contributed by atoms with Crippen molar-refractivity contribution in [3.63, 3.8) is 0 Å². The van der Waals surface area contributed by atoms with Crippen LogP contribution in [0.5, 0.6) is 0 Å². The van der Waals surface area contributed by atoms with E-state index >= 15 is 0 Å². The van der Waals surface area contributed by atoms with E-state index in [1.807, 2.05) is 0 Å². The number of halogens is 5. The Morgan fingerprint density at radius 3 is 2.40 bits per heavy atom. The van der Waals surface area contributed by atoms with Gasteiger partial charge in [0.05, 0.1) is 5.69 Å². The summed E-state index contributed by atoms with van der Waals surface area (Å²) < 4.78 is 54.2. The van der Waals surface area contributed by atoms with Gasteiger partial charge in [-0.15, -0.1) is 11.8 Å². The van der Waals surface area contributed by atoms with E-state index in [0.29, 0.717) is 19.2 Å². The van der Waals surface area contributed by atoms with Gasteiger partial charge in [-0.25, -0.2) is 13.8 Å². The van der Waals surface area contributed by atoms with E-state index in [4.69, 9.17) is 0 Å². The van der Waals surface area contributed by atoms with Crippen LogP contribution in [0.25, 0.3) is 5.69 Å². The maximum absolute atomic E-state index is 14.3. The zero-order valence-corrected chi connectivity index (χ0v) is 15.1. The third kappa shape index (κ3) is 3.55. The third-order valence-corrected chi connectivity index (χ3v) is 5.99. The molecule has 0 amide bonds. The Bertz CT molecular complexity index is 964. The Labute approximate surface area is 151 Å². The van der Waals surface area contributed by atoms with Crippen molar-refractivity contribution >= 4 is 27.7 Å². The van der Waals surface area contributed by atoms with Crippen molar-refractivity contribution in [1.29, 1.82) is 0 Å². The lowest BCUT2D eigenvalue weighted by atomic mass is 10.3. The van der Waals surface area contributed by atoms with Crippen LogP contribution in [0.3, 0.4) is 0 Å². The molecule has 1 aromatic heterocycles. The van der Waals surface area contributed by atoms with E-state index in [1.54, 1.807) is 0 Å². The molecule has 1 fully saturated rings. The molecule has 10 heteroatoms. The van der Waals surface area contributed by atoms with Crippen molar-refractivity contribution < 1.29 is 17.6 Å². The van der Waals surface area contributed by atoms with Gasteiger partial charge >= 0.3 is 11.9 Å². The molecule has 2 aromatic rings. The zero-order chi connectivity index (χ0) is 18.5. The number of hydrogen-bond donors (Lipinski definition) is 0. The minimum absolute atomic E-state index is 0.288. The number of rotatable bonds is 3. The highest BCUT2D eigenvalue weighted by atomic mass is 79.9. The summed E-state index contributed by atoms with van der Waals surface area (Å²) in [5.74, 6) is -0.883. The van der Waals surface area contributed by atoms with Gasteiger partial charge in [-0.05, 0) is 40.9 Å². The molecule has 0 atom stereocenters. The summed E-state index contributed by atoms with van der Waals surface area (Å²) in [6.07, 6.45) is -2.85. The van der Waals surface area contributed by atoms with E-state index < -0.39 is 28.9 Å². The van der Waals surface area contributed by atoms with Gasteiger partial charge in [0.15, 0.2) is 0 Å². The summed E-state index contributed by atoms with van der Waals surface area (Å²) in [6.45, 7) is 0. The number of hydrogen-bond acceptors (Lipinski definition) is 3. The SMILES string of the molecule is Cn1c(C(F)(F)F)cc(=O)n(-c2cc(SC3CC3)c(Br)cc2F)c1=O. The topological polar surface area (TPSA) is 44.0 Å². The molecule has 1 heterocycles. The molecule has 0 bridgehead atoms. The number of benzene rings is 1. The van der Waals surface area contributed by atoms with Crippen LogP contribution >= 0.6 is 27.7 Å². The molecule has 0 unspecified atom stereocenters. The Morgan fingerprint density at radius 2 is 1.84 bits per heavy atom. The first-order chi connectivity index (χ1) is 11.6. The summed E-state index contributed by atoms with van der Waals surface area (Å²) in [6, 6.07) is 2.69. The molecule has 0 aliphatic heterocycles. The Balaban J connectivity index is 2.21. The number of alkyl halides is 3. The van der Waals surface area contributed by atoms with Crippen LogP contribution in [0.4, 0.5) is 17.6 Å². The van der Waals surface area contributed by atoms with E-state index in [-0.39, 0.29) is 16.3 Å². The smallest absolute Gasteiger partial charge is 0.292 e. The molecule has 25 heavy (non-hydrogen) atoms. The quantitative estimate of drug-likeness (QED) is 0.686. The van der Waals surface area contributed by atoms with Crippen molar-refractivity contribution in [2.24, 2.45) is 7.05 Å². The van der Waals surface area contributed by atoms with Gasteiger partial charge in [0.1, 0.15) is 11.5 Å². The van der Waals surface area contributed by atoms with Crippen LogP contribution < -0.4 is 11.2 Å². The predicted molar refractivity (Wildman–Crippen MR) is 88.8 cm³/mol. The van der Waals surface area contributed by atoms with Gasteiger partial charge in [0.2, 0.25) is 0 Å². The highest BCUT2D eigenvalue weighted by molar-refractivity contribution is 9.10. The summed E-state index contributed by atoms with van der Waals surface area (Å²) in [7, 11) is 0.887. The molecule has 1 saturated carbocycles. The van der Waals surface area contributed by atoms with Crippen molar-refractivity contribution in [2.45, 2.75) is 29.2 Å². The molecule has 134 valence electrons. The second-order valence-corrected chi connectivity index (χ2v) is 7.79. The maximum atomic E-state index is 14.3. The molecule has 1 aromatic carbocycles. The average molecular weight is 439 g/mol. The highest BCUT2D eigenvalue weighted by Crippen LogP contribution is 2.42. The number of nitrogens with zero attached hydrogens (tertiary/aromatic N) is 2. The fraction of sp³-hybridized carbons (Fsp3) is 0.333. The first kappa shape index (κ1) is 18.2. The highest BCUT2D eigenvalue weighted by Gasteiger charge is 2.35. The van der Waals surface area contributed by atoms with Crippen molar-refractivity contribution in [1.82, 2.24) is 9.13 Å². The second kappa shape index (κ2) is 6.31. The Hall–Kier alpha value is -1.55. The molecule has 0 N–H and O–H groups in total. The number of aromatic nitrogens is 2. The third-order valence-electron chi connectivity index (χ3n) is 3.67. The van der Waals surface area contributed by atoms with Crippen LogP contribution in [0.15, 0.2) is 37.2 Å². The minimum Gasteiger partial charge on any atom is -0.292 e. The molecule has 4 nitrogen and oxygen atoms in total. The van der Waals surface area contributed by atoms with Crippen LogP contribution in [0.2, 0.25) is 0 Å². The molecular formula is C15H11BrF4N2O2S. The molecular weight excluding hydrogens is 428 g/mol. The summed E-state index contributed by atoms with van der Waals surface area (Å²) in [4.78, 5) is 25.0. The first-order valence-corrected chi connectivity index (χ1v) is 8.83. The van der Waals surface area contributed by atoms with Crippen LogP contribution in [-0.2, 0) is 13.2 Å². The first-order valence-electron chi connectivity index (χ1n) is 7.16. The summed E-state index contributed by atoms with van der Waals surface area (Å²) >= 11 is 4.68. The van der Waals surface area contributed by atoms with Crippen molar-refractivity contribution in [3.05, 3.63) is 55.0 Å². The van der Waals surface area contributed by atoms with Gasteiger partial charge in [-0.3, -0.25) is 9.36 Å². The molecule has 1 aliphatic rings. The average Bonchev–Trinajstić information content (AvgIpc) is 3.30. The molecule has 0 radical (unpaired) electrons. The lowest BCUT2D eigenvalue weighted by Gasteiger charge is -2.15. The van der Waals surface area contributed by atoms with Gasteiger partial charge < -0.3 is 0 Å². The normalized spacial score (nSPS) is 14.8. The molecule has 0 spiro atoms. The molecule has 0 saturated heterocycles. The van der Waals surface area contributed by atoms with Crippen molar-refractivity contribution in [2.75, 3.05) is 0 Å². The second-order valence-electron chi connectivity index (χ2n) is 5.59. The Kier molecular flexibility index (Phi) is 4.61. The molecule has 1 aliphatic carbocycles. The standard InChI is InChI=1S/C15H11BrF4N2O2S/c1-21-12(15(18,19)20)6-13(23)22(14(21)24)10-5-11(25-7-2-3-7)8(16)4-9(10)17/h4-7H,2-3H2,1H3. The van der Waals surface area contributed by atoms with Gasteiger partial charge in [-0.1, -0.05) is 0 Å². The largest absolute Gasteiger partial charge is 0.431 e.